The van der Waals surface area contributed by atoms with Crippen LogP contribution in [0.25, 0.3) is 0 Å². The van der Waals surface area contributed by atoms with Gasteiger partial charge in [-0.3, -0.25) is 14.4 Å². The molecule has 0 amide bonds. The molecule has 0 aromatic carbocycles. The molecule has 0 aliphatic rings. The van der Waals surface area contributed by atoms with Gasteiger partial charge in [0, 0.05) is 19.3 Å². The predicted octanol–water partition coefficient (Wildman–Crippen LogP) is 25.1. The van der Waals surface area contributed by atoms with Gasteiger partial charge in [-0.05, 0) is 89.9 Å². The van der Waals surface area contributed by atoms with Gasteiger partial charge in [-0.25, -0.2) is 0 Å². The van der Waals surface area contributed by atoms with Crippen molar-refractivity contribution in [3.63, 3.8) is 0 Å². The number of unbranched alkanes of at least 4 members (excludes halogenated alkanes) is 46. The van der Waals surface area contributed by atoms with Crippen molar-refractivity contribution >= 4 is 17.9 Å². The Kier molecular flexibility index (Phi) is 68.1. The zero-order valence-corrected chi connectivity index (χ0v) is 55.0. The summed E-state index contributed by atoms with van der Waals surface area (Å²) in [6.45, 7) is 6.65. The minimum absolute atomic E-state index is 0.0773. The van der Waals surface area contributed by atoms with Crippen LogP contribution in [0.2, 0.25) is 0 Å². The van der Waals surface area contributed by atoms with E-state index in [1.165, 1.54) is 257 Å². The summed E-state index contributed by atoms with van der Waals surface area (Å²) in [5, 5.41) is 0. The minimum Gasteiger partial charge on any atom is -0.462 e. The third kappa shape index (κ3) is 67.9. The first-order valence-electron chi connectivity index (χ1n) is 36.3. The summed E-state index contributed by atoms with van der Waals surface area (Å²) < 4.78 is 17.0. The first kappa shape index (κ1) is 79.1. The second-order valence-electron chi connectivity index (χ2n) is 24.5. The summed E-state index contributed by atoms with van der Waals surface area (Å²) in [7, 11) is 0. The average Bonchev–Trinajstić information content (AvgIpc) is 3.48. The van der Waals surface area contributed by atoms with Crippen LogP contribution >= 0.6 is 0 Å². The molecule has 0 saturated heterocycles. The lowest BCUT2D eigenvalue weighted by Crippen LogP contribution is -2.30. The van der Waals surface area contributed by atoms with E-state index in [9.17, 15) is 14.4 Å². The standard InChI is InChI=1S/C76H138O6/c1-4-7-10-13-16-19-22-25-28-30-32-34-36-38-40-41-43-45-48-51-54-57-60-63-66-69-75(78)81-72-73(71-80-74(77)68-65-62-59-56-53-50-47-27-24-21-18-15-12-9-6-3)82-76(79)70-67-64-61-58-55-52-49-46-44-42-39-37-35-33-31-29-26-23-20-17-14-11-8-5-2/h18,21-22,25,27,30,32,36,38,47,73H,4-17,19-20,23-24,26,28-29,31,33-35,37,39-46,48-72H2,1-3H3/b21-18-,25-22-,32-30-,38-36-,47-27-. The number of carbonyl (C=O) groups is 3. The molecule has 0 heterocycles. The van der Waals surface area contributed by atoms with Gasteiger partial charge in [0.25, 0.3) is 0 Å². The Hall–Kier alpha value is -2.89. The summed E-state index contributed by atoms with van der Waals surface area (Å²) in [5.74, 6) is -0.869. The molecular formula is C76H138O6. The molecule has 0 saturated carbocycles. The first-order valence-corrected chi connectivity index (χ1v) is 36.3. The van der Waals surface area contributed by atoms with Gasteiger partial charge >= 0.3 is 17.9 Å². The van der Waals surface area contributed by atoms with E-state index in [1.54, 1.807) is 0 Å². The lowest BCUT2D eigenvalue weighted by molar-refractivity contribution is -0.167. The van der Waals surface area contributed by atoms with Crippen molar-refractivity contribution in [2.24, 2.45) is 0 Å². The van der Waals surface area contributed by atoms with Crippen LogP contribution in [0.1, 0.15) is 387 Å². The van der Waals surface area contributed by atoms with Crippen molar-refractivity contribution in [2.75, 3.05) is 13.2 Å². The highest BCUT2D eigenvalue weighted by molar-refractivity contribution is 5.71. The van der Waals surface area contributed by atoms with E-state index in [0.29, 0.717) is 19.3 Å². The highest BCUT2D eigenvalue weighted by Gasteiger charge is 2.19. The Labute approximate surface area is 510 Å². The summed E-state index contributed by atoms with van der Waals surface area (Å²) in [6.07, 6.45) is 91.1. The van der Waals surface area contributed by atoms with Crippen LogP contribution in [0.5, 0.6) is 0 Å². The minimum atomic E-state index is -0.782. The molecule has 0 spiro atoms. The summed E-state index contributed by atoms with van der Waals surface area (Å²) in [5.41, 5.74) is 0. The van der Waals surface area contributed by atoms with Gasteiger partial charge < -0.3 is 14.2 Å². The van der Waals surface area contributed by atoms with Crippen LogP contribution in [0, 0.1) is 0 Å². The van der Waals surface area contributed by atoms with E-state index in [0.717, 1.165) is 89.9 Å². The fourth-order valence-electron chi connectivity index (χ4n) is 10.8. The molecule has 1 unspecified atom stereocenters. The lowest BCUT2D eigenvalue weighted by Gasteiger charge is -2.18. The molecule has 6 nitrogen and oxygen atoms in total. The highest BCUT2D eigenvalue weighted by atomic mass is 16.6. The molecule has 0 fully saturated rings. The number of esters is 3. The molecule has 0 bridgehead atoms. The number of carbonyl (C=O) groups excluding carboxylic acids is 3. The molecule has 0 aromatic heterocycles. The maximum atomic E-state index is 13.0. The summed E-state index contributed by atoms with van der Waals surface area (Å²) in [4.78, 5) is 38.5. The topological polar surface area (TPSA) is 78.9 Å². The van der Waals surface area contributed by atoms with Crippen LogP contribution in [0.15, 0.2) is 60.8 Å². The largest absolute Gasteiger partial charge is 0.462 e. The molecule has 0 rings (SSSR count). The van der Waals surface area contributed by atoms with Crippen molar-refractivity contribution in [3.8, 4) is 0 Å². The summed E-state index contributed by atoms with van der Waals surface area (Å²) >= 11 is 0. The van der Waals surface area contributed by atoms with Crippen LogP contribution in [-0.2, 0) is 28.6 Å². The maximum absolute atomic E-state index is 13.0. The van der Waals surface area contributed by atoms with Crippen molar-refractivity contribution in [2.45, 2.75) is 393 Å². The Bertz CT molecular complexity index is 1460. The summed E-state index contributed by atoms with van der Waals surface area (Å²) in [6, 6.07) is 0. The molecule has 0 N–H and O–H groups in total. The molecule has 0 aliphatic carbocycles. The Morgan fingerprint density at radius 2 is 0.439 bits per heavy atom. The molecular weight excluding hydrogens is 1010 g/mol. The lowest BCUT2D eigenvalue weighted by atomic mass is 10.0. The van der Waals surface area contributed by atoms with E-state index in [2.05, 4.69) is 81.5 Å². The molecule has 0 aromatic rings. The second kappa shape index (κ2) is 70.6. The molecule has 6 heteroatoms. The average molecular weight is 1150 g/mol. The van der Waals surface area contributed by atoms with Gasteiger partial charge in [0.2, 0.25) is 0 Å². The monoisotopic (exact) mass is 1150 g/mol. The zero-order chi connectivity index (χ0) is 59.2. The highest BCUT2D eigenvalue weighted by Crippen LogP contribution is 2.18. The number of allylic oxidation sites excluding steroid dienone is 10. The number of hydrogen-bond donors (Lipinski definition) is 0. The third-order valence-corrected chi connectivity index (χ3v) is 16.2. The number of ether oxygens (including phenoxy) is 3. The van der Waals surface area contributed by atoms with Crippen molar-refractivity contribution in [3.05, 3.63) is 60.8 Å². The van der Waals surface area contributed by atoms with Gasteiger partial charge in [0.1, 0.15) is 13.2 Å². The normalized spacial score (nSPS) is 12.4. The van der Waals surface area contributed by atoms with Crippen molar-refractivity contribution in [1.82, 2.24) is 0 Å². The zero-order valence-electron chi connectivity index (χ0n) is 55.0. The van der Waals surface area contributed by atoms with E-state index < -0.39 is 6.10 Å². The van der Waals surface area contributed by atoms with E-state index in [4.69, 9.17) is 14.2 Å². The van der Waals surface area contributed by atoms with E-state index in [1.807, 2.05) is 0 Å². The first-order chi connectivity index (χ1) is 40.5. The van der Waals surface area contributed by atoms with Crippen LogP contribution < -0.4 is 0 Å². The fraction of sp³-hybridized carbons (Fsp3) is 0.829. The molecule has 0 radical (unpaired) electrons. The number of rotatable bonds is 67. The van der Waals surface area contributed by atoms with Crippen LogP contribution in [0.3, 0.4) is 0 Å². The van der Waals surface area contributed by atoms with E-state index in [-0.39, 0.29) is 31.1 Å². The quantitative estimate of drug-likeness (QED) is 0.0261. The van der Waals surface area contributed by atoms with Gasteiger partial charge in [-0.1, -0.05) is 338 Å². The van der Waals surface area contributed by atoms with Gasteiger partial charge in [0.05, 0.1) is 0 Å². The molecule has 82 heavy (non-hydrogen) atoms. The molecule has 478 valence electrons. The molecule has 1 atom stereocenters. The SMILES string of the molecule is CCCCC/C=C\C/C=C\CCCCCCCC(=O)OCC(COC(=O)CCCCCCCCCCCC/C=C\C/C=C\C/C=C\CCCCCCC)OC(=O)CCCCCCCCCCCCCCCCCCCCCCCCCC. The number of hydrogen-bond acceptors (Lipinski definition) is 6. The Balaban J connectivity index is 4.30. The Morgan fingerprint density at radius 1 is 0.244 bits per heavy atom. The van der Waals surface area contributed by atoms with Crippen molar-refractivity contribution < 1.29 is 28.6 Å². The maximum Gasteiger partial charge on any atom is 0.306 e. The van der Waals surface area contributed by atoms with Crippen LogP contribution in [0.4, 0.5) is 0 Å². The van der Waals surface area contributed by atoms with Gasteiger partial charge in [0.15, 0.2) is 6.10 Å². The molecule has 0 aliphatic heterocycles. The van der Waals surface area contributed by atoms with Crippen molar-refractivity contribution in [1.29, 1.82) is 0 Å². The second-order valence-corrected chi connectivity index (χ2v) is 24.5. The third-order valence-electron chi connectivity index (χ3n) is 16.2. The van der Waals surface area contributed by atoms with Crippen LogP contribution in [-0.4, -0.2) is 37.2 Å². The van der Waals surface area contributed by atoms with Gasteiger partial charge in [-0.2, -0.15) is 0 Å². The fourth-order valence-corrected chi connectivity index (χ4v) is 10.8. The predicted molar refractivity (Wildman–Crippen MR) is 358 cm³/mol. The smallest absolute Gasteiger partial charge is 0.306 e. The van der Waals surface area contributed by atoms with E-state index >= 15 is 0 Å². The Morgan fingerprint density at radius 3 is 0.707 bits per heavy atom. The van der Waals surface area contributed by atoms with Gasteiger partial charge in [-0.15, -0.1) is 0 Å².